The van der Waals surface area contributed by atoms with Crippen LogP contribution in [0.5, 0.6) is 17.2 Å². The first kappa shape index (κ1) is 19.1. The Morgan fingerprint density at radius 1 is 0.962 bits per heavy atom. The predicted molar refractivity (Wildman–Crippen MR) is 96.5 cm³/mol. The Hall–Kier alpha value is -3.22. The molecule has 2 aromatic carbocycles. The number of methoxy groups -OCH3 is 3. The highest BCUT2D eigenvalue weighted by Crippen LogP contribution is 2.26. The summed E-state index contributed by atoms with van der Waals surface area (Å²) in [5.74, 6) is 0.332. The van der Waals surface area contributed by atoms with Crippen LogP contribution in [0.2, 0.25) is 0 Å². The first-order valence-corrected chi connectivity index (χ1v) is 7.90. The minimum Gasteiger partial charge on any atom is -0.497 e. The molecule has 0 unspecified atom stereocenters. The number of hydrogen-bond donors (Lipinski definition) is 2. The zero-order valence-electron chi connectivity index (χ0n) is 14.9. The van der Waals surface area contributed by atoms with Gasteiger partial charge in [0.15, 0.2) is 0 Å². The second kappa shape index (κ2) is 8.75. The number of ether oxygens (including phenoxy) is 3. The first-order valence-electron chi connectivity index (χ1n) is 7.90. The normalized spacial score (nSPS) is 10.1. The Kier molecular flexibility index (Phi) is 6.43. The fourth-order valence-electron chi connectivity index (χ4n) is 2.41. The zero-order valence-corrected chi connectivity index (χ0v) is 14.9. The Labute approximate surface area is 151 Å². The van der Waals surface area contributed by atoms with E-state index in [1.54, 1.807) is 20.3 Å². The average molecular weight is 359 g/mol. The molecule has 2 aromatic rings. The van der Waals surface area contributed by atoms with Gasteiger partial charge in [0.25, 0.3) is 0 Å². The van der Waals surface area contributed by atoms with Crippen molar-refractivity contribution in [3.8, 4) is 17.2 Å². The van der Waals surface area contributed by atoms with Gasteiger partial charge in [-0.25, -0.2) is 4.79 Å². The molecule has 26 heavy (non-hydrogen) atoms. The summed E-state index contributed by atoms with van der Waals surface area (Å²) in [4.78, 5) is 23.2. The van der Waals surface area contributed by atoms with Crippen LogP contribution in [0, 0.1) is 0 Å². The molecule has 0 aliphatic heterocycles. The highest BCUT2D eigenvalue weighted by molar-refractivity contribution is 5.94. The van der Waals surface area contributed by atoms with Crippen LogP contribution in [0.4, 0.5) is 5.69 Å². The van der Waals surface area contributed by atoms with E-state index in [-0.39, 0.29) is 17.9 Å². The van der Waals surface area contributed by atoms with Crippen molar-refractivity contribution in [1.82, 2.24) is 0 Å². The summed E-state index contributed by atoms with van der Waals surface area (Å²) in [5.41, 5.74) is 1.42. The molecular formula is C19H21NO6. The molecule has 0 bridgehead atoms. The van der Waals surface area contributed by atoms with Crippen molar-refractivity contribution in [1.29, 1.82) is 0 Å². The van der Waals surface area contributed by atoms with E-state index >= 15 is 0 Å². The minimum absolute atomic E-state index is 0.0864. The molecule has 138 valence electrons. The van der Waals surface area contributed by atoms with Gasteiger partial charge in [0.05, 0.1) is 32.6 Å². The number of nitrogens with one attached hydrogen (secondary N) is 1. The van der Waals surface area contributed by atoms with E-state index in [4.69, 9.17) is 19.3 Å². The monoisotopic (exact) mass is 359 g/mol. The lowest BCUT2D eigenvalue weighted by Crippen LogP contribution is -2.13. The number of carboxylic acid groups (broad SMARTS) is 1. The second-order valence-electron chi connectivity index (χ2n) is 5.49. The number of amides is 1. The molecule has 0 saturated heterocycles. The number of rotatable bonds is 8. The van der Waals surface area contributed by atoms with Crippen molar-refractivity contribution in [3.63, 3.8) is 0 Å². The first-order chi connectivity index (χ1) is 12.5. The van der Waals surface area contributed by atoms with Gasteiger partial charge in [-0.15, -0.1) is 0 Å². The van der Waals surface area contributed by atoms with Crippen molar-refractivity contribution in [3.05, 3.63) is 47.5 Å². The third-order valence-corrected chi connectivity index (χ3v) is 3.77. The quantitative estimate of drug-likeness (QED) is 0.752. The van der Waals surface area contributed by atoms with E-state index in [2.05, 4.69) is 5.32 Å². The molecule has 7 nitrogen and oxygen atoms in total. The molecule has 2 rings (SSSR count). The van der Waals surface area contributed by atoms with Crippen molar-refractivity contribution in [2.45, 2.75) is 12.8 Å². The molecule has 0 atom stereocenters. The molecule has 0 aliphatic carbocycles. The molecule has 0 saturated carbocycles. The van der Waals surface area contributed by atoms with E-state index in [1.807, 2.05) is 12.1 Å². The summed E-state index contributed by atoms with van der Waals surface area (Å²) in [6, 6.07) is 9.74. The summed E-state index contributed by atoms with van der Waals surface area (Å²) in [6.07, 6.45) is 0.731. The minimum atomic E-state index is -1.06. The van der Waals surface area contributed by atoms with Gasteiger partial charge in [0.2, 0.25) is 5.91 Å². The molecule has 7 heteroatoms. The highest BCUT2D eigenvalue weighted by atomic mass is 16.5. The van der Waals surface area contributed by atoms with Gasteiger partial charge in [-0.05, 0) is 42.3 Å². The highest BCUT2D eigenvalue weighted by Gasteiger charge is 2.12. The van der Waals surface area contributed by atoms with Crippen LogP contribution in [0.15, 0.2) is 36.4 Å². The van der Waals surface area contributed by atoms with E-state index < -0.39 is 5.97 Å². The van der Waals surface area contributed by atoms with E-state index in [9.17, 15) is 9.59 Å². The Balaban J connectivity index is 2.04. The predicted octanol–water partition coefficient (Wildman–Crippen LogP) is 2.98. The summed E-state index contributed by atoms with van der Waals surface area (Å²) < 4.78 is 15.6. The number of carboxylic acids is 1. The fourth-order valence-corrected chi connectivity index (χ4v) is 2.41. The number of aromatic carboxylic acids is 1. The summed E-state index contributed by atoms with van der Waals surface area (Å²) >= 11 is 0. The topological polar surface area (TPSA) is 94.1 Å². The fraction of sp³-hybridized carbons (Fsp3) is 0.263. The molecule has 0 spiro atoms. The van der Waals surface area contributed by atoms with Crippen LogP contribution in [0.3, 0.4) is 0 Å². The summed E-state index contributed by atoms with van der Waals surface area (Å²) in [5, 5.41) is 11.7. The number of anilines is 1. The van der Waals surface area contributed by atoms with Gasteiger partial charge in [-0.1, -0.05) is 0 Å². The van der Waals surface area contributed by atoms with Crippen LogP contribution < -0.4 is 19.5 Å². The van der Waals surface area contributed by atoms with Gasteiger partial charge in [-0.2, -0.15) is 0 Å². The Bertz CT molecular complexity index is 780. The molecule has 0 fully saturated rings. The second-order valence-corrected chi connectivity index (χ2v) is 5.49. The van der Waals surface area contributed by atoms with Crippen LogP contribution >= 0.6 is 0 Å². The number of hydrogen-bond acceptors (Lipinski definition) is 5. The molecule has 2 N–H and O–H groups in total. The number of benzene rings is 2. The van der Waals surface area contributed by atoms with E-state index in [0.717, 1.165) is 5.56 Å². The van der Waals surface area contributed by atoms with E-state index in [1.165, 1.54) is 25.3 Å². The van der Waals surface area contributed by atoms with Crippen LogP contribution in [0.25, 0.3) is 0 Å². The number of carbonyl (C=O) groups excluding carboxylic acids is 1. The van der Waals surface area contributed by atoms with Gasteiger partial charge in [-0.3, -0.25) is 4.79 Å². The van der Waals surface area contributed by atoms with Gasteiger partial charge >= 0.3 is 5.97 Å². The summed E-state index contributed by atoms with van der Waals surface area (Å²) in [7, 11) is 4.55. The smallest absolute Gasteiger partial charge is 0.335 e. The van der Waals surface area contributed by atoms with Crippen LogP contribution in [-0.4, -0.2) is 38.3 Å². The van der Waals surface area contributed by atoms with Crippen LogP contribution in [0.1, 0.15) is 22.3 Å². The van der Waals surface area contributed by atoms with Crippen molar-refractivity contribution < 1.29 is 28.9 Å². The molecule has 0 aromatic heterocycles. The molecule has 0 aliphatic rings. The average Bonchev–Trinajstić information content (AvgIpc) is 2.66. The molecular weight excluding hydrogens is 338 g/mol. The maximum atomic E-state index is 12.2. The van der Waals surface area contributed by atoms with Crippen LogP contribution in [-0.2, 0) is 11.2 Å². The lowest BCUT2D eigenvalue weighted by Gasteiger charge is -2.11. The molecule has 1 amide bonds. The van der Waals surface area contributed by atoms with Crippen molar-refractivity contribution in [2.24, 2.45) is 0 Å². The third kappa shape index (κ3) is 4.89. The third-order valence-electron chi connectivity index (χ3n) is 3.77. The summed E-state index contributed by atoms with van der Waals surface area (Å²) in [6.45, 7) is 0. The van der Waals surface area contributed by atoms with Gasteiger partial charge in [0.1, 0.15) is 17.2 Å². The maximum Gasteiger partial charge on any atom is 0.335 e. The van der Waals surface area contributed by atoms with Crippen molar-refractivity contribution in [2.75, 3.05) is 26.6 Å². The lowest BCUT2D eigenvalue weighted by atomic mass is 10.1. The van der Waals surface area contributed by atoms with Crippen molar-refractivity contribution >= 4 is 17.6 Å². The maximum absolute atomic E-state index is 12.2. The zero-order chi connectivity index (χ0) is 19.1. The standard InChI is InChI=1S/C19H21NO6/c1-24-14-8-12(9-15(11-14)25-2)4-7-18(21)20-16-6-5-13(19(22)23)10-17(16)26-3/h5-6,8-11H,4,7H2,1-3H3,(H,20,21)(H,22,23). The van der Waals surface area contributed by atoms with E-state index in [0.29, 0.717) is 29.4 Å². The Morgan fingerprint density at radius 2 is 1.62 bits per heavy atom. The molecule has 0 heterocycles. The van der Waals surface area contributed by atoms with Gasteiger partial charge in [0, 0.05) is 12.5 Å². The SMILES string of the molecule is COc1cc(CCC(=O)Nc2ccc(C(=O)O)cc2OC)cc(OC)c1. The molecule has 0 radical (unpaired) electrons. The van der Waals surface area contributed by atoms with Gasteiger partial charge < -0.3 is 24.6 Å². The Morgan fingerprint density at radius 3 is 2.15 bits per heavy atom. The largest absolute Gasteiger partial charge is 0.497 e. The number of carbonyl (C=O) groups is 2. The number of aryl methyl sites for hydroxylation is 1. The lowest BCUT2D eigenvalue weighted by molar-refractivity contribution is -0.116.